The molecule has 0 aliphatic rings. The molecule has 1 aromatic heterocycles. The second kappa shape index (κ2) is 3.97. The predicted molar refractivity (Wildman–Crippen MR) is 45.0 cm³/mol. The minimum Gasteiger partial charge on any atom is -0.366 e. The fraction of sp³-hybridized carbons (Fsp3) is 0. The van der Waals surface area contributed by atoms with Gasteiger partial charge in [-0.3, -0.25) is 4.79 Å². The Hall–Kier alpha value is -2.22. The first-order chi connectivity index (χ1) is 6.22. The molecular weight excluding hydrogens is 168 g/mol. The Morgan fingerprint density at radius 1 is 1.54 bits per heavy atom. The molecular formula is C8H6N4O. The summed E-state index contributed by atoms with van der Waals surface area (Å²) in [6.45, 7) is 0. The second-order valence-corrected chi connectivity index (χ2v) is 2.19. The lowest BCUT2D eigenvalue weighted by molar-refractivity contribution is -0.113. The molecule has 2 N–H and O–H groups in total. The Bertz CT molecular complexity index is 374. The normalized spacial score (nSPS) is 9.77. The fourth-order valence-corrected chi connectivity index (χ4v) is 0.660. The molecule has 13 heavy (non-hydrogen) atoms. The number of hydrogen-bond donors (Lipinski definition) is 1. The summed E-state index contributed by atoms with van der Waals surface area (Å²) in [6.07, 6.45) is 5.55. The molecule has 5 heteroatoms. The third kappa shape index (κ3) is 2.71. The molecule has 1 amide bonds. The Morgan fingerprint density at radius 2 is 2.15 bits per heavy atom. The lowest BCUT2D eigenvalue weighted by Gasteiger charge is -1.90. The largest absolute Gasteiger partial charge is 0.366 e. The van der Waals surface area contributed by atoms with Crippen LogP contribution in [0.25, 0.3) is 6.08 Å². The van der Waals surface area contributed by atoms with Crippen molar-refractivity contribution in [2.45, 2.75) is 0 Å². The molecule has 0 aliphatic carbocycles. The highest BCUT2D eigenvalue weighted by Crippen LogP contribution is 1.97. The number of nitrogens with zero attached hydrogens (tertiary/aromatic N) is 3. The van der Waals surface area contributed by atoms with Crippen LogP contribution in [0.3, 0.4) is 0 Å². The third-order valence-corrected chi connectivity index (χ3v) is 1.21. The molecule has 0 radical (unpaired) electrons. The van der Waals surface area contributed by atoms with Gasteiger partial charge in [-0.05, 0) is 6.08 Å². The monoisotopic (exact) mass is 174 g/mol. The van der Waals surface area contributed by atoms with Crippen molar-refractivity contribution < 1.29 is 4.79 Å². The van der Waals surface area contributed by atoms with Crippen LogP contribution in [0.1, 0.15) is 11.4 Å². The highest BCUT2D eigenvalue weighted by Gasteiger charge is 1.92. The second-order valence-electron chi connectivity index (χ2n) is 2.19. The molecule has 1 aromatic rings. The zero-order valence-electron chi connectivity index (χ0n) is 6.64. The van der Waals surface area contributed by atoms with Crippen molar-refractivity contribution in [2.75, 3.05) is 0 Å². The van der Waals surface area contributed by atoms with Crippen LogP contribution in [-0.4, -0.2) is 15.9 Å². The SMILES string of the molecule is N#Cc1ncc(C=CC(N)=O)cn1. The quantitative estimate of drug-likeness (QED) is 0.631. The van der Waals surface area contributed by atoms with Crippen molar-refractivity contribution in [3.05, 3.63) is 29.9 Å². The molecule has 1 heterocycles. The van der Waals surface area contributed by atoms with E-state index in [4.69, 9.17) is 11.0 Å². The van der Waals surface area contributed by atoms with Gasteiger partial charge >= 0.3 is 0 Å². The number of rotatable bonds is 2. The molecule has 0 atom stereocenters. The van der Waals surface area contributed by atoms with E-state index in [0.717, 1.165) is 0 Å². The molecule has 0 fully saturated rings. The number of carbonyl (C=O) groups is 1. The molecule has 1 rings (SSSR count). The smallest absolute Gasteiger partial charge is 0.241 e. The summed E-state index contributed by atoms with van der Waals surface area (Å²) in [5.41, 5.74) is 5.50. The maximum Gasteiger partial charge on any atom is 0.241 e. The number of amides is 1. The van der Waals surface area contributed by atoms with Crippen molar-refractivity contribution in [2.24, 2.45) is 5.73 Å². The van der Waals surface area contributed by atoms with Gasteiger partial charge in [-0.15, -0.1) is 0 Å². The van der Waals surface area contributed by atoms with Gasteiger partial charge < -0.3 is 5.73 Å². The van der Waals surface area contributed by atoms with Crippen molar-refractivity contribution >= 4 is 12.0 Å². The van der Waals surface area contributed by atoms with Gasteiger partial charge in [-0.25, -0.2) is 9.97 Å². The summed E-state index contributed by atoms with van der Waals surface area (Å²) in [5, 5.41) is 8.38. The van der Waals surface area contributed by atoms with Crippen LogP contribution in [0, 0.1) is 11.3 Å². The van der Waals surface area contributed by atoms with Crippen molar-refractivity contribution in [3.8, 4) is 6.07 Å². The van der Waals surface area contributed by atoms with Crippen molar-refractivity contribution in [3.63, 3.8) is 0 Å². The van der Waals surface area contributed by atoms with Gasteiger partial charge in [0.05, 0.1) is 0 Å². The summed E-state index contributed by atoms with van der Waals surface area (Å²) in [5.74, 6) is -0.444. The summed E-state index contributed by atoms with van der Waals surface area (Å²) in [4.78, 5) is 17.7. The number of nitrogens with two attached hydrogens (primary N) is 1. The van der Waals surface area contributed by atoms with E-state index in [1.165, 1.54) is 24.5 Å². The molecule has 0 saturated heterocycles. The van der Waals surface area contributed by atoms with Crippen LogP contribution in [0.4, 0.5) is 0 Å². The Balaban J connectivity index is 2.82. The zero-order valence-corrected chi connectivity index (χ0v) is 6.64. The van der Waals surface area contributed by atoms with Gasteiger partial charge in [0.25, 0.3) is 0 Å². The Morgan fingerprint density at radius 3 is 2.62 bits per heavy atom. The summed E-state index contributed by atoms with van der Waals surface area (Å²) < 4.78 is 0. The Labute approximate surface area is 74.5 Å². The third-order valence-electron chi connectivity index (χ3n) is 1.21. The average Bonchev–Trinajstić information content (AvgIpc) is 2.15. The van der Waals surface area contributed by atoms with Crippen LogP contribution < -0.4 is 5.73 Å². The number of aromatic nitrogens is 2. The minimum absolute atomic E-state index is 0.0937. The average molecular weight is 174 g/mol. The van der Waals surface area contributed by atoms with E-state index in [-0.39, 0.29) is 5.82 Å². The van der Waals surface area contributed by atoms with Gasteiger partial charge in [-0.2, -0.15) is 5.26 Å². The lowest BCUT2D eigenvalue weighted by Crippen LogP contribution is -2.05. The van der Waals surface area contributed by atoms with E-state index >= 15 is 0 Å². The zero-order chi connectivity index (χ0) is 9.68. The number of carbonyl (C=O) groups excluding carboxylic acids is 1. The van der Waals surface area contributed by atoms with Gasteiger partial charge in [0, 0.05) is 24.0 Å². The van der Waals surface area contributed by atoms with Gasteiger partial charge in [0.15, 0.2) is 0 Å². The summed E-state index contributed by atoms with van der Waals surface area (Å²) >= 11 is 0. The van der Waals surface area contributed by atoms with Gasteiger partial charge in [-0.1, -0.05) is 0 Å². The molecule has 0 unspecified atom stereocenters. The molecule has 0 spiro atoms. The first-order valence-electron chi connectivity index (χ1n) is 3.42. The van der Waals surface area contributed by atoms with E-state index in [9.17, 15) is 4.79 Å². The van der Waals surface area contributed by atoms with Crippen LogP contribution in [0.5, 0.6) is 0 Å². The molecule has 64 valence electrons. The van der Waals surface area contributed by atoms with Crippen molar-refractivity contribution in [1.82, 2.24) is 9.97 Å². The highest BCUT2D eigenvalue weighted by atomic mass is 16.1. The first-order valence-corrected chi connectivity index (χ1v) is 3.42. The minimum atomic E-state index is -0.538. The van der Waals surface area contributed by atoms with Crippen molar-refractivity contribution in [1.29, 1.82) is 5.26 Å². The molecule has 0 aromatic carbocycles. The number of hydrogen-bond acceptors (Lipinski definition) is 4. The molecule has 0 aliphatic heterocycles. The number of nitriles is 1. The van der Waals surface area contributed by atoms with Gasteiger partial charge in [0.2, 0.25) is 11.7 Å². The predicted octanol–water partition coefficient (Wildman–Crippen LogP) is -0.153. The van der Waals surface area contributed by atoms with E-state index < -0.39 is 5.91 Å². The first kappa shape index (κ1) is 8.87. The standard InChI is InChI=1S/C8H6N4O/c9-3-8-11-4-6(5-12-8)1-2-7(10)13/h1-2,4-5H,(H2,10,13). The number of primary amides is 1. The van der Waals surface area contributed by atoms with Crippen LogP contribution >= 0.6 is 0 Å². The fourth-order valence-electron chi connectivity index (χ4n) is 0.660. The van der Waals surface area contributed by atoms with Gasteiger partial charge in [0.1, 0.15) is 6.07 Å². The Kier molecular flexibility index (Phi) is 2.71. The highest BCUT2D eigenvalue weighted by molar-refractivity contribution is 5.90. The van der Waals surface area contributed by atoms with Crippen LogP contribution in [0.2, 0.25) is 0 Å². The lowest BCUT2D eigenvalue weighted by atomic mass is 10.3. The molecule has 0 saturated carbocycles. The van der Waals surface area contributed by atoms with E-state index in [1.807, 2.05) is 0 Å². The maximum atomic E-state index is 10.3. The van der Waals surface area contributed by atoms with Crippen LogP contribution in [0.15, 0.2) is 18.5 Å². The summed E-state index contributed by atoms with van der Waals surface area (Å²) in [7, 11) is 0. The van der Waals surface area contributed by atoms with Crippen LogP contribution in [-0.2, 0) is 4.79 Å². The topological polar surface area (TPSA) is 92.7 Å². The van der Waals surface area contributed by atoms with E-state index in [0.29, 0.717) is 5.56 Å². The van der Waals surface area contributed by atoms with E-state index in [2.05, 4.69) is 9.97 Å². The summed E-state index contributed by atoms with van der Waals surface area (Å²) in [6, 6.07) is 1.78. The maximum absolute atomic E-state index is 10.3. The van der Waals surface area contributed by atoms with E-state index in [1.54, 1.807) is 6.07 Å². The molecule has 0 bridgehead atoms. The molecule has 5 nitrogen and oxygen atoms in total.